The largest absolute Gasteiger partial charge is 0.455 e. The van der Waals surface area contributed by atoms with Crippen LogP contribution >= 0.6 is 11.6 Å². The molecule has 0 saturated carbocycles. The summed E-state index contributed by atoms with van der Waals surface area (Å²) in [6.45, 7) is 0. The molecule has 0 saturated heterocycles. The topological polar surface area (TPSA) is 55.4 Å². The van der Waals surface area contributed by atoms with Crippen molar-refractivity contribution >= 4 is 27.3 Å². The molecule has 3 aromatic carbocycles. The molecule has 3 rings (SSSR count). The molecule has 0 aliphatic rings. The molecule has 0 aliphatic carbocycles. The van der Waals surface area contributed by atoms with Crippen molar-refractivity contribution in [3.63, 3.8) is 0 Å². The fourth-order valence-electron chi connectivity index (χ4n) is 2.10. The van der Waals surface area contributed by atoms with Crippen molar-refractivity contribution in [2.75, 3.05) is 4.72 Å². The Hall–Kier alpha value is -2.57. The normalized spacial score (nSPS) is 11.1. The van der Waals surface area contributed by atoms with Gasteiger partial charge in [0, 0.05) is 5.02 Å². The Morgan fingerprint density at radius 3 is 2.28 bits per heavy atom. The summed E-state index contributed by atoms with van der Waals surface area (Å²) in [7, 11) is -3.92. The van der Waals surface area contributed by atoms with Crippen molar-refractivity contribution in [3.05, 3.63) is 83.6 Å². The van der Waals surface area contributed by atoms with E-state index >= 15 is 0 Å². The van der Waals surface area contributed by atoms with E-state index in [2.05, 4.69) is 4.72 Å². The number of rotatable bonds is 5. The fraction of sp³-hybridized carbons (Fsp3) is 0. The van der Waals surface area contributed by atoms with Crippen molar-refractivity contribution in [2.45, 2.75) is 4.90 Å². The molecule has 0 atom stereocenters. The van der Waals surface area contributed by atoms with Crippen LogP contribution in [0.25, 0.3) is 0 Å². The number of sulfonamides is 1. The molecule has 0 heterocycles. The zero-order chi connectivity index (χ0) is 17.9. The number of nitrogens with one attached hydrogen (secondary N) is 1. The molecule has 0 aliphatic heterocycles. The summed E-state index contributed by atoms with van der Waals surface area (Å²) in [5, 5.41) is 0.345. The monoisotopic (exact) mass is 377 g/mol. The summed E-state index contributed by atoms with van der Waals surface area (Å²) in [6, 6.07) is 18.0. The van der Waals surface area contributed by atoms with Gasteiger partial charge in [0.05, 0.1) is 10.6 Å². The summed E-state index contributed by atoms with van der Waals surface area (Å²) >= 11 is 5.98. The minimum Gasteiger partial charge on any atom is -0.455 e. The minimum absolute atomic E-state index is 0.0699. The van der Waals surface area contributed by atoms with Crippen LogP contribution in [0.3, 0.4) is 0 Å². The first-order valence-electron chi connectivity index (χ1n) is 7.25. The number of hydrogen-bond acceptors (Lipinski definition) is 3. The molecule has 0 radical (unpaired) electrons. The van der Waals surface area contributed by atoms with Gasteiger partial charge in [-0.2, -0.15) is 0 Å². The van der Waals surface area contributed by atoms with Gasteiger partial charge in [0.15, 0.2) is 5.75 Å². The average molecular weight is 378 g/mol. The van der Waals surface area contributed by atoms with Crippen molar-refractivity contribution in [1.82, 2.24) is 0 Å². The third kappa shape index (κ3) is 4.29. The van der Waals surface area contributed by atoms with Gasteiger partial charge in [0.1, 0.15) is 11.6 Å². The highest BCUT2D eigenvalue weighted by Crippen LogP contribution is 2.33. The maximum atomic E-state index is 13.0. The predicted octanol–water partition coefficient (Wildman–Crippen LogP) is 5.07. The smallest absolute Gasteiger partial charge is 0.262 e. The Morgan fingerprint density at radius 2 is 1.60 bits per heavy atom. The van der Waals surface area contributed by atoms with E-state index in [0.29, 0.717) is 16.5 Å². The zero-order valence-corrected chi connectivity index (χ0v) is 14.4. The highest BCUT2D eigenvalue weighted by molar-refractivity contribution is 7.92. The van der Waals surface area contributed by atoms with Gasteiger partial charge in [-0.3, -0.25) is 4.72 Å². The van der Waals surface area contributed by atoms with Crippen LogP contribution in [0.1, 0.15) is 0 Å². The Kier molecular flexibility index (Phi) is 4.92. The molecule has 0 unspecified atom stereocenters. The third-order valence-electron chi connectivity index (χ3n) is 3.28. The minimum atomic E-state index is -3.92. The first-order chi connectivity index (χ1) is 11.9. The summed E-state index contributed by atoms with van der Waals surface area (Å²) in [4.78, 5) is -0.0699. The first kappa shape index (κ1) is 17.3. The van der Waals surface area contributed by atoms with Crippen LogP contribution in [-0.2, 0) is 10.0 Å². The molecule has 1 N–H and O–H groups in total. The van der Waals surface area contributed by atoms with Gasteiger partial charge in [-0.05, 0) is 54.6 Å². The van der Waals surface area contributed by atoms with E-state index < -0.39 is 15.8 Å². The zero-order valence-electron chi connectivity index (χ0n) is 12.8. The van der Waals surface area contributed by atoms with E-state index in [1.807, 2.05) is 6.07 Å². The molecule has 0 bridgehead atoms. The lowest BCUT2D eigenvalue weighted by atomic mass is 10.3. The summed E-state index contributed by atoms with van der Waals surface area (Å²) < 4.78 is 46.1. The van der Waals surface area contributed by atoms with E-state index in [1.54, 1.807) is 36.4 Å². The molecule has 7 heteroatoms. The number of para-hydroxylation sites is 1. The lowest BCUT2D eigenvalue weighted by Gasteiger charge is -2.14. The average Bonchev–Trinajstić information content (AvgIpc) is 2.58. The van der Waals surface area contributed by atoms with Crippen molar-refractivity contribution < 1.29 is 17.5 Å². The van der Waals surface area contributed by atoms with E-state index in [1.165, 1.54) is 18.2 Å². The van der Waals surface area contributed by atoms with Gasteiger partial charge in [0.25, 0.3) is 10.0 Å². The van der Waals surface area contributed by atoms with E-state index in [9.17, 15) is 12.8 Å². The maximum Gasteiger partial charge on any atom is 0.262 e. The second-order valence-corrected chi connectivity index (χ2v) is 7.23. The van der Waals surface area contributed by atoms with E-state index in [-0.39, 0.29) is 10.6 Å². The van der Waals surface area contributed by atoms with Gasteiger partial charge in [-0.1, -0.05) is 29.8 Å². The van der Waals surface area contributed by atoms with Crippen LogP contribution in [0.5, 0.6) is 11.5 Å². The second kappa shape index (κ2) is 7.13. The number of anilines is 1. The lowest BCUT2D eigenvalue weighted by Crippen LogP contribution is -2.13. The number of hydrogen-bond donors (Lipinski definition) is 1. The van der Waals surface area contributed by atoms with Gasteiger partial charge < -0.3 is 4.74 Å². The van der Waals surface area contributed by atoms with Gasteiger partial charge >= 0.3 is 0 Å². The molecule has 0 spiro atoms. The summed E-state index contributed by atoms with van der Waals surface area (Å²) in [5.41, 5.74) is 0.181. The Bertz CT molecular complexity index is 977. The van der Waals surface area contributed by atoms with Crippen LogP contribution in [-0.4, -0.2) is 8.42 Å². The van der Waals surface area contributed by atoms with E-state index in [4.69, 9.17) is 16.3 Å². The van der Waals surface area contributed by atoms with Crippen LogP contribution in [0.15, 0.2) is 77.7 Å². The molecule has 25 heavy (non-hydrogen) atoms. The fourth-order valence-corrected chi connectivity index (χ4v) is 3.34. The highest BCUT2D eigenvalue weighted by Gasteiger charge is 2.17. The SMILES string of the molecule is O=S(=O)(Nc1cc(Cl)ccc1Oc1ccccc1)c1ccc(F)cc1. The molecule has 3 aromatic rings. The quantitative estimate of drug-likeness (QED) is 0.675. The maximum absolute atomic E-state index is 13.0. The molecule has 0 aromatic heterocycles. The molecule has 0 fully saturated rings. The number of ether oxygens (including phenoxy) is 1. The molecule has 128 valence electrons. The Balaban J connectivity index is 1.93. The van der Waals surface area contributed by atoms with E-state index in [0.717, 1.165) is 12.1 Å². The Labute approximate surface area is 149 Å². The summed E-state index contributed by atoms with van der Waals surface area (Å²) in [6.07, 6.45) is 0. The standard InChI is InChI=1S/C18H13ClFNO3S/c19-13-6-11-18(24-15-4-2-1-3-5-15)17(12-13)21-25(22,23)16-9-7-14(20)8-10-16/h1-12,21H. The van der Waals surface area contributed by atoms with Crippen molar-refractivity contribution in [1.29, 1.82) is 0 Å². The van der Waals surface area contributed by atoms with Crippen molar-refractivity contribution in [2.24, 2.45) is 0 Å². The highest BCUT2D eigenvalue weighted by atomic mass is 35.5. The molecule has 0 amide bonds. The summed E-state index contributed by atoms with van der Waals surface area (Å²) in [5.74, 6) is 0.322. The van der Waals surface area contributed by atoms with Gasteiger partial charge in [0.2, 0.25) is 0 Å². The lowest BCUT2D eigenvalue weighted by molar-refractivity contribution is 0.485. The van der Waals surface area contributed by atoms with Crippen molar-refractivity contribution in [3.8, 4) is 11.5 Å². The Morgan fingerprint density at radius 1 is 0.920 bits per heavy atom. The van der Waals surface area contributed by atoms with Crippen LogP contribution in [0.4, 0.5) is 10.1 Å². The second-order valence-electron chi connectivity index (χ2n) is 5.12. The third-order valence-corrected chi connectivity index (χ3v) is 4.90. The van der Waals surface area contributed by atoms with Crippen LogP contribution in [0, 0.1) is 5.82 Å². The first-order valence-corrected chi connectivity index (χ1v) is 9.11. The molecular formula is C18H13ClFNO3S. The predicted molar refractivity (Wildman–Crippen MR) is 95.2 cm³/mol. The number of halogens is 2. The van der Waals surface area contributed by atoms with Crippen LogP contribution in [0.2, 0.25) is 5.02 Å². The van der Waals surface area contributed by atoms with Crippen LogP contribution < -0.4 is 9.46 Å². The number of benzene rings is 3. The molecular weight excluding hydrogens is 365 g/mol. The molecule has 4 nitrogen and oxygen atoms in total. The van der Waals surface area contributed by atoms with Gasteiger partial charge in [-0.25, -0.2) is 12.8 Å². The van der Waals surface area contributed by atoms with Gasteiger partial charge in [-0.15, -0.1) is 0 Å².